The van der Waals surface area contributed by atoms with Gasteiger partial charge in [0, 0.05) is 46.0 Å². The van der Waals surface area contributed by atoms with Crippen LogP contribution in [-0.2, 0) is 23.8 Å². The van der Waals surface area contributed by atoms with Crippen molar-refractivity contribution in [2.24, 2.45) is 0 Å². The Balaban J connectivity index is 1.61. The molecular weight excluding hydrogens is 508 g/mol. The van der Waals surface area contributed by atoms with Crippen molar-refractivity contribution < 1.29 is 18.0 Å². The molecule has 1 aromatic heterocycles. The number of fused-ring (bicyclic) bond motifs is 1. The molecular formula is C28H25Cl2F3N2O. The van der Waals surface area contributed by atoms with Gasteiger partial charge in [-0.3, -0.25) is 4.79 Å². The Labute approximate surface area is 217 Å². The van der Waals surface area contributed by atoms with Crippen LogP contribution in [0.15, 0.2) is 66.9 Å². The number of aryl methyl sites for hydroxylation is 1. The fourth-order valence-corrected chi connectivity index (χ4v) is 4.98. The Bertz CT molecular complexity index is 1380. The highest BCUT2D eigenvalue weighted by molar-refractivity contribution is 6.35. The van der Waals surface area contributed by atoms with Gasteiger partial charge in [-0.1, -0.05) is 72.6 Å². The van der Waals surface area contributed by atoms with Gasteiger partial charge in [0.2, 0.25) is 5.91 Å². The van der Waals surface area contributed by atoms with Crippen LogP contribution >= 0.6 is 23.2 Å². The van der Waals surface area contributed by atoms with Gasteiger partial charge in [-0.15, -0.1) is 0 Å². The lowest BCUT2D eigenvalue weighted by molar-refractivity contribution is -0.137. The zero-order chi connectivity index (χ0) is 25.9. The second-order valence-electron chi connectivity index (χ2n) is 8.65. The smallest absolute Gasteiger partial charge is 0.361 e. The number of amides is 1. The summed E-state index contributed by atoms with van der Waals surface area (Å²) < 4.78 is 40.4. The Morgan fingerprint density at radius 1 is 1.03 bits per heavy atom. The number of halogens is 5. The second kappa shape index (κ2) is 11.0. The first-order chi connectivity index (χ1) is 17.2. The molecule has 4 aromatic rings. The highest BCUT2D eigenvalue weighted by Crippen LogP contribution is 2.37. The van der Waals surface area contributed by atoms with E-state index in [1.807, 2.05) is 25.1 Å². The minimum absolute atomic E-state index is 0.00103. The summed E-state index contributed by atoms with van der Waals surface area (Å²) in [5, 5.41) is 4.84. The number of carbonyl (C=O) groups excluding carboxylic acids is 1. The van der Waals surface area contributed by atoms with E-state index in [0.29, 0.717) is 28.6 Å². The molecule has 0 spiro atoms. The van der Waals surface area contributed by atoms with E-state index in [9.17, 15) is 18.0 Å². The molecule has 0 saturated heterocycles. The van der Waals surface area contributed by atoms with Crippen LogP contribution in [0, 0.1) is 0 Å². The molecule has 0 aliphatic rings. The molecule has 1 unspecified atom stereocenters. The van der Waals surface area contributed by atoms with Crippen molar-refractivity contribution >= 4 is 40.0 Å². The largest absolute Gasteiger partial charge is 0.416 e. The van der Waals surface area contributed by atoms with E-state index in [1.54, 1.807) is 30.5 Å². The lowest BCUT2D eigenvalue weighted by Crippen LogP contribution is -2.27. The van der Waals surface area contributed by atoms with E-state index in [2.05, 4.69) is 10.3 Å². The van der Waals surface area contributed by atoms with Crippen molar-refractivity contribution in [2.75, 3.05) is 6.54 Å². The lowest BCUT2D eigenvalue weighted by Gasteiger charge is -2.19. The second-order valence-corrected chi connectivity index (χ2v) is 9.50. The molecule has 8 heteroatoms. The number of nitrogens with one attached hydrogen (secondary N) is 2. The summed E-state index contributed by atoms with van der Waals surface area (Å²) in [6.07, 6.45) is -1.37. The third-order valence-corrected chi connectivity index (χ3v) is 6.91. The molecule has 0 radical (unpaired) electrons. The van der Waals surface area contributed by atoms with E-state index >= 15 is 0 Å². The van der Waals surface area contributed by atoms with Gasteiger partial charge >= 0.3 is 6.18 Å². The molecule has 0 aliphatic heterocycles. The summed E-state index contributed by atoms with van der Waals surface area (Å²) in [6, 6.07) is 16.3. The Kier molecular flexibility index (Phi) is 7.96. The number of alkyl halides is 3. The van der Waals surface area contributed by atoms with Gasteiger partial charge in [0.25, 0.3) is 0 Å². The van der Waals surface area contributed by atoms with E-state index in [1.165, 1.54) is 6.07 Å². The van der Waals surface area contributed by atoms with Crippen LogP contribution in [0.4, 0.5) is 13.2 Å². The van der Waals surface area contributed by atoms with Gasteiger partial charge in [0.15, 0.2) is 0 Å². The van der Waals surface area contributed by atoms with Crippen LogP contribution in [0.1, 0.15) is 47.1 Å². The first kappa shape index (κ1) is 26.1. The fraction of sp³-hybridized carbons (Fsp3) is 0.250. The third-order valence-electron chi connectivity index (χ3n) is 6.33. The monoisotopic (exact) mass is 532 g/mol. The average molecular weight is 533 g/mol. The van der Waals surface area contributed by atoms with Gasteiger partial charge in [0.05, 0.1) is 5.56 Å². The number of rotatable bonds is 8. The summed E-state index contributed by atoms with van der Waals surface area (Å²) in [7, 11) is 0. The van der Waals surface area contributed by atoms with Crippen molar-refractivity contribution in [1.82, 2.24) is 10.3 Å². The Morgan fingerprint density at radius 2 is 1.81 bits per heavy atom. The van der Waals surface area contributed by atoms with Crippen molar-refractivity contribution in [3.63, 3.8) is 0 Å². The summed E-state index contributed by atoms with van der Waals surface area (Å²) in [6.45, 7) is 2.38. The van der Waals surface area contributed by atoms with Gasteiger partial charge in [-0.25, -0.2) is 0 Å². The number of hydrogen-bond donors (Lipinski definition) is 2. The number of aromatic amines is 1. The maximum Gasteiger partial charge on any atom is 0.416 e. The van der Waals surface area contributed by atoms with Crippen molar-refractivity contribution in [3.8, 4) is 0 Å². The van der Waals surface area contributed by atoms with Crippen LogP contribution in [-0.4, -0.2) is 17.4 Å². The number of carbonyl (C=O) groups is 1. The van der Waals surface area contributed by atoms with E-state index in [-0.39, 0.29) is 12.3 Å². The normalized spacial score (nSPS) is 12.6. The number of benzene rings is 3. The van der Waals surface area contributed by atoms with Crippen LogP contribution in [0.3, 0.4) is 0 Å². The summed E-state index contributed by atoms with van der Waals surface area (Å²) >= 11 is 12.2. The summed E-state index contributed by atoms with van der Waals surface area (Å²) in [5.74, 6) is -0.823. The first-order valence-corrected chi connectivity index (χ1v) is 12.4. The van der Waals surface area contributed by atoms with Gasteiger partial charge in [-0.2, -0.15) is 13.2 Å². The minimum atomic E-state index is -4.48. The molecule has 1 atom stereocenters. The molecule has 0 aliphatic carbocycles. The van der Waals surface area contributed by atoms with Crippen LogP contribution in [0.2, 0.25) is 10.0 Å². The van der Waals surface area contributed by atoms with Gasteiger partial charge in [0.1, 0.15) is 0 Å². The predicted molar refractivity (Wildman–Crippen MR) is 139 cm³/mol. The molecule has 1 amide bonds. The topological polar surface area (TPSA) is 44.9 Å². The van der Waals surface area contributed by atoms with E-state index < -0.39 is 17.7 Å². The molecule has 0 saturated carbocycles. The van der Waals surface area contributed by atoms with E-state index in [4.69, 9.17) is 23.2 Å². The molecule has 3 nitrogen and oxygen atoms in total. The standard InChI is InChI=1S/C28H25Cl2F3N2O/c1-2-17-5-4-8-22-24(16-35-27(17)22)23(19-6-3-7-20(13-19)28(31,32)33)15-26(36)34-12-11-18-9-10-21(29)14-25(18)30/h3-10,13-14,16,23,35H,2,11-12,15H2,1H3,(H,34,36). The molecule has 0 fully saturated rings. The maximum atomic E-state index is 13.5. The quantitative estimate of drug-likeness (QED) is 0.237. The molecule has 0 bridgehead atoms. The summed E-state index contributed by atoms with van der Waals surface area (Å²) in [5.41, 5.74) is 3.37. The van der Waals surface area contributed by atoms with E-state index in [0.717, 1.165) is 46.1 Å². The number of H-pyrrole nitrogens is 1. The molecule has 36 heavy (non-hydrogen) atoms. The van der Waals surface area contributed by atoms with Crippen LogP contribution in [0.25, 0.3) is 10.9 Å². The Morgan fingerprint density at radius 3 is 2.53 bits per heavy atom. The first-order valence-electron chi connectivity index (χ1n) is 11.6. The Hall–Kier alpha value is -2.96. The molecule has 2 N–H and O–H groups in total. The molecule has 4 rings (SSSR count). The lowest BCUT2D eigenvalue weighted by atomic mass is 9.86. The highest BCUT2D eigenvalue weighted by Gasteiger charge is 2.32. The maximum absolute atomic E-state index is 13.5. The van der Waals surface area contributed by atoms with Crippen molar-refractivity contribution in [1.29, 1.82) is 0 Å². The average Bonchev–Trinajstić information content (AvgIpc) is 3.27. The summed E-state index contributed by atoms with van der Waals surface area (Å²) in [4.78, 5) is 16.3. The number of hydrogen-bond acceptors (Lipinski definition) is 1. The minimum Gasteiger partial charge on any atom is -0.361 e. The zero-order valence-corrected chi connectivity index (χ0v) is 21.1. The zero-order valence-electron chi connectivity index (χ0n) is 19.6. The predicted octanol–water partition coefficient (Wildman–Crippen LogP) is 7.94. The number of aromatic nitrogens is 1. The van der Waals surface area contributed by atoms with Crippen molar-refractivity contribution in [2.45, 2.75) is 38.3 Å². The van der Waals surface area contributed by atoms with Crippen LogP contribution < -0.4 is 5.32 Å². The fourth-order valence-electron chi connectivity index (χ4n) is 4.48. The molecule has 3 aromatic carbocycles. The SMILES string of the molecule is CCc1cccc2c(C(CC(=O)NCCc3ccc(Cl)cc3Cl)c3cccc(C(F)(F)F)c3)c[nH]c12. The van der Waals surface area contributed by atoms with Gasteiger partial charge in [-0.05, 0) is 53.3 Å². The highest BCUT2D eigenvalue weighted by atomic mass is 35.5. The molecule has 188 valence electrons. The van der Waals surface area contributed by atoms with Gasteiger partial charge < -0.3 is 10.3 Å². The third kappa shape index (κ3) is 5.88. The van der Waals surface area contributed by atoms with Crippen LogP contribution in [0.5, 0.6) is 0 Å². The number of para-hydroxylation sites is 1. The molecule has 1 heterocycles. The van der Waals surface area contributed by atoms with Crippen molar-refractivity contribution in [3.05, 3.63) is 105 Å².